The maximum atomic E-state index is 10.6. The van der Waals surface area contributed by atoms with E-state index in [0.717, 1.165) is 22.3 Å². The van der Waals surface area contributed by atoms with Crippen molar-refractivity contribution in [2.45, 2.75) is 19.1 Å². The molecule has 0 aromatic carbocycles. The molecule has 11 heteroatoms. The second kappa shape index (κ2) is 7.00. The molecule has 0 amide bonds. The lowest BCUT2D eigenvalue weighted by atomic mass is 10.2. The van der Waals surface area contributed by atoms with Gasteiger partial charge in [0, 0.05) is 23.3 Å². The second-order valence-electron chi connectivity index (χ2n) is 4.78. The summed E-state index contributed by atoms with van der Waals surface area (Å²) in [6.45, 7) is 1.79. The highest BCUT2D eigenvalue weighted by Crippen LogP contribution is 2.24. The van der Waals surface area contributed by atoms with Crippen molar-refractivity contribution in [3.8, 4) is 17.3 Å². The lowest BCUT2D eigenvalue weighted by Crippen LogP contribution is -2.21. The largest absolute Gasteiger partial charge is 0.490 e. The third-order valence-electron chi connectivity index (χ3n) is 3.06. The number of hydrogen-bond acceptors (Lipinski definition) is 5. The van der Waals surface area contributed by atoms with Crippen LogP contribution in [0, 0.1) is 11.3 Å². The predicted molar refractivity (Wildman–Crippen MR) is 79.1 cm³/mol. The van der Waals surface area contributed by atoms with Gasteiger partial charge in [0.25, 0.3) is 0 Å². The fourth-order valence-corrected chi connectivity index (χ4v) is 1.83. The highest BCUT2D eigenvalue weighted by atomic mass is 19.4. The number of aromatic nitrogens is 5. The Morgan fingerprint density at radius 1 is 1.44 bits per heavy atom. The Balaban J connectivity index is 0.000000277. The fourth-order valence-electron chi connectivity index (χ4n) is 1.83. The fraction of sp³-hybridized carbons (Fsp3) is 0.214. The Kier molecular flexibility index (Phi) is 5.02. The summed E-state index contributed by atoms with van der Waals surface area (Å²) >= 11 is 0. The monoisotopic (exact) mass is 352 g/mol. The summed E-state index contributed by atoms with van der Waals surface area (Å²) in [6, 6.07) is 3.78. The number of rotatable bonds is 2. The van der Waals surface area contributed by atoms with Gasteiger partial charge in [-0.25, -0.2) is 14.8 Å². The van der Waals surface area contributed by atoms with Crippen molar-refractivity contribution in [3.05, 3.63) is 31.0 Å². The van der Waals surface area contributed by atoms with Crippen molar-refractivity contribution in [1.29, 1.82) is 5.26 Å². The molecule has 0 aliphatic heterocycles. The molecule has 0 aliphatic rings. The van der Waals surface area contributed by atoms with Crippen molar-refractivity contribution in [2.24, 2.45) is 0 Å². The number of hydrogen-bond donors (Lipinski definition) is 2. The smallest absolute Gasteiger partial charge is 0.475 e. The van der Waals surface area contributed by atoms with Gasteiger partial charge in [0.1, 0.15) is 18.0 Å². The maximum absolute atomic E-state index is 10.6. The van der Waals surface area contributed by atoms with Crippen molar-refractivity contribution in [1.82, 2.24) is 24.7 Å². The average molecular weight is 352 g/mol. The highest BCUT2D eigenvalue weighted by Gasteiger charge is 2.38. The molecule has 0 saturated carbocycles. The third-order valence-corrected chi connectivity index (χ3v) is 3.06. The van der Waals surface area contributed by atoms with Gasteiger partial charge in [0.05, 0.1) is 18.0 Å². The van der Waals surface area contributed by atoms with Gasteiger partial charge in [-0.3, -0.25) is 4.68 Å². The number of carbonyl (C=O) groups is 1. The first-order chi connectivity index (χ1) is 11.7. The number of H-pyrrole nitrogens is 1. The molecule has 0 aliphatic carbocycles. The van der Waals surface area contributed by atoms with Crippen LogP contribution in [0.5, 0.6) is 0 Å². The Labute approximate surface area is 138 Å². The number of nitrogens with zero attached hydrogens (tertiary/aromatic N) is 5. The Bertz CT molecular complexity index is 924. The second-order valence-corrected chi connectivity index (χ2v) is 4.78. The summed E-state index contributed by atoms with van der Waals surface area (Å²) in [7, 11) is 0. The predicted octanol–water partition coefficient (Wildman–Crippen LogP) is 2.54. The van der Waals surface area contributed by atoms with Crippen molar-refractivity contribution in [2.75, 3.05) is 0 Å². The topological polar surface area (TPSA) is 120 Å². The lowest BCUT2D eigenvalue weighted by molar-refractivity contribution is -0.192. The molecule has 0 fully saturated rings. The SMILES string of the molecule is CC(C#N)n1cc(-c2ncnc3[nH]ccc23)cn1.O=C(O)C(F)(F)F. The summed E-state index contributed by atoms with van der Waals surface area (Å²) in [5, 5.41) is 21.1. The van der Waals surface area contributed by atoms with Crippen molar-refractivity contribution < 1.29 is 23.1 Å². The number of halogens is 3. The van der Waals surface area contributed by atoms with E-state index in [-0.39, 0.29) is 6.04 Å². The molecule has 0 bridgehead atoms. The third kappa shape index (κ3) is 4.11. The molecule has 8 nitrogen and oxygen atoms in total. The van der Waals surface area contributed by atoms with Gasteiger partial charge in [-0.1, -0.05) is 0 Å². The number of carboxylic acids is 1. The molecule has 3 heterocycles. The number of nitrogens with one attached hydrogen (secondary N) is 1. The van der Waals surface area contributed by atoms with Crippen LogP contribution in [-0.4, -0.2) is 42.0 Å². The first-order valence-corrected chi connectivity index (χ1v) is 6.76. The number of nitriles is 1. The quantitative estimate of drug-likeness (QED) is 0.731. The molecule has 1 unspecified atom stereocenters. The van der Waals surface area contributed by atoms with Crippen LogP contribution >= 0.6 is 0 Å². The molecule has 0 spiro atoms. The number of fused-ring (bicyclic) bond motifs is 1. The molecule has 0 radical (unpaired) electrons. The molecule has 0 saturated heterocycles. The van der Waals surface area contributed by atoms with Crippen LogP contribution in [0.1, 0.15) is 13.0 Å². The molecule has 2 N–H and O–H groups in total. The Morgan fingerprint density at radius 2 is 2.12 bits per heavy atom. The van der Waals surface area contributed by atoms with Gasteiger partial charge in [0.2, 0.25) is 0 Å². The van der Waals surface area contributed by atoms with Crippen molar-refractivity contribution >= 4 is 17.0 Å². The van der Waals surface area contributed by atoms with E-state index in [9.17, 15) is 13.2 Å². The van der Waals surface area contributed by atoms with Gasteiger partial charge >= 0.3 is 12.1 Å². The van der Waals surface area contributed by atoms with Crippen molar-refractivity contribution in [3.63, 3.8) is 0 Å². The van der Waals surface area contributed by atoms with E-state index in [2.05, 4.69) is 26.1 Å². The van der Waals surface area contributed by atoms with E-state index >= 15 is 0 Å². The van der Waals surface area contributed by atoms with E-state index in [0.29, 0.717) is 0 Å². The summed E-state index contributed by atoms with van der Waals surface area (Å²) in [5.41, 5.74) is 2.49. The first kappa shape index (κ1) is 17.9. The molecule has 1 atom stereocenters. The molecule has 3 aromatic rings. The number of alkyl halides is 3. The highest BCUT2D eigenvalue weighted by molar-refractivity contribution is 5.89. The minimum absolute atomic E-state index is 0.290. The van der Waals surface area contributed by atoms with Gasteiger partial charge in [-0.2, -0.15) is 23.5 Å². The minimum atomic E-state index is -5.08. The van der Waals surface area contributed by atoms with E-state index in [1.807, 2.05) is 18.5 Å². The first-order valence-electron chi connectivity index (χ1n) is 6.76. The summed E-state index contributed by atoms with van der Waals surface area (Å²) in [4.78, 5) is 20.4. The molecular weight excluding hydrogens is 341 g/mol. The standard InChI is InChI=1S/C12H10N6.C2HF3O2/c1-8(4-13)18-6-9(5-17-18)11-10-2-3-14-12(10)16-7-15-11;3-2(4,5)1(6)7/h2-3,5-8H,1H3,(H,14,15,16);(H,6,7). The van der Waals surface area contributed by atoms with Crippen LogP contribution in [0.15, 0.2) is 31.0 Å². The maximum Gasteiger partial charge on any atom is 0.490 e. The molecular formula is C14H11F3N6O2. The van der Waals surface area contributed by atoms with Crippen LogP contribution in [-0.2, 0) is 4.79 Å². The van der Waals surface area contributed by atoms with E-state index < -0.39 is 12.1 Å². The van der Waals surface area contributed by atoms with Crippen LogP contribution in [0.3, 0.4) is 0 Å². The minimum Gasteiger partial charge on any atom is -0.475 e. The van der Waals surface area contributed by atoms with Gasteiger partial charge < -0.3 is 10.1 Å². The van der Waals surface area contributed by atoms with Crippen LogP contribution in [0.2, 0.25) is 0 Å². The Morgan fingerprint density at radius 3 is 2.72 bits per heavy atom. The van der Waals surface area contributed by atoms with Gasteiger partial charge in [-0.05, 0) is 13.0 Å². The normalized spacial score (nSPS) is 12.1. The van der Waals surface area contributed by atoms with E-state index in [4.69, 9.17) is 15.2 Å². The zero-order chi connectivity index (χ0) is 18.6. The molecule has 25 heavy (non-hydrogen) atoms. The average Bonchev–Trinajstić information content (AvgIpc) is 3.22. The summed E-state index contributed by atoms with van der Waals surface area (Å²) in [5.74, 6) is -2.76. The van der Waals surface area contributed by atoms with Crippen LogP contribution < -0.4 is 0 Å². The number of aliphatic carboxylic acids is 1. The van der Waals surface area contributed by atoms with Gasteiger partial charge in [0.15, 0.2) is 0 Å². The molecule has 3 rings (SSSR count). The van der Waals surface area contributed by atoms with Gasteiger partial charge in [-0.15, -0.1) is 0 Å². The lowest BCUT2D eigenvalue weighted by Gasteiger charge is -2.01. The van der Waals surface area contributed by atoms with E-state index in [1.54, 1.807) is 17.8 Å². The van der Waals surface area contributed by atoms with E-state index in [1.165, 1.54) is 6.33 Å². The molecule has 130 valence electrons. The number of carboxylic acid groups (broad SMARTS) is 1. The van der Waals surface area contributed by atoms with Crippen LogP contribution in [0.25, 0.3) is 22.3 Å². The molecule has 3 aromatic heterocycles. The summed E-state index contributed by atoms with van der Waals surface area (Å²) in [6.07, 6.45) is 1.79. The number of aromatic amines is 1. The zero-order valence-electron chi connectivity index (χ0n) is 12.7. The van der Waals surface area contributed by atoms with Crippen LogP contribution in [0.4, 0.5) is 13.2 Å². The zero-order valence-corrected chi connectivity index (χ0v) is 12.7. The summed E-state index contributed by atoms with van der Waals surface area (Å²) < 4.78 is 33.4. The Hall–Kier alpha value is -3.42.